The molecule has 0 aliphatic carbocycles. The fourth-order valence-corrected chi connectivity index (χ4v) is 8.30. The monoisotopic (exact) mass is 667 g/mol. The number of nitrogens with zero attached hydrogens (tertiary/aromatic N) is 3. The van der Waals surface area contributed by atoms with Crippen LogP contribution in [0.25, 0.3) is 98.1 Å². The zero-order valence-corrected chi connectivity index (χ0v) is 28.3. The van der Waals surface area contributed by atoms with Gasteiger partial charge in [0, 0.05) is 58.6 Å². The fraction of sp³-hybridized carbons (Fsp3) is 0. The molecule has 3 aromatic heterocycles. The Bertz CT molecular complexity index is 2880. The third kappa shape index (κ3) is 5.16. The number of fused-ring (bicyclic) bond motifs is 7. The maximum absolute atomic E-state index is 5.20. The minimum atomic E-state index is 0.709. The molecule has 0 aliphatic rings. The molecule has 3 heterocycles. The first kappa shape index (κ1) is 29.4. The molecule has 10 rings (SSSR count). The van der Waals surface area contributed by atoms with Gasteiger partial charge in [0.05, 0.1) is 22.6 Å². The zero-order chi connectivity index (χ0) is 33.7. The van der Waals surface area contributed by atoms with Gasteiger partial charge in [-0.3, -0.25) is 0 Å². The van der Waals surface area contributed by atoms with E-state index in [0.717, 1.165) is 55.6 Å². The molecule has 0 N–H and O–H groups in total. The summed E-state index contributed by atoms with van der Waals surface area (Å²) in [4.78, 5) is 15.5. The number of aromatic nitrogens is 3. The molecule has 10 aromatic rings. The normalized spacial score (nSPS) is 11.5. The molecule has 0 spiro atoms. The van der Waals surface area contributed by atoms with Crippen LogP contribution in [0.2, 0.25) is 0 Å². The molecule has 0 fully saturated rings. The molecule has 4 heteroatoms. The Labute approximate surface area is 299 Å². The van der Waals surface area contributed by atoms with Gasteiger partial charge >= 0.3 is 0 Å². The van der Waals surface area contributed by atoms with Crippen LogP contribution in [-0.4, -0.2) is 15.0 Å². The van der Waals surface area contributed by atoms with Crippen molar-refractivity contribution < 1.29 is 0 Å². The van der Waals surface area contributed by atoms with Gasteiger partial charge in [0.1, 0.15) is 0 Å². The van der Waals surface area contributed by atoms with Gasteiger partial charge in [-0.25, -0.2) is 15.0 Å². The molecule has 0 saturated carbocycles. The van der Waals surface area contributed by atoms with Gasteiger partial charge in [-0.1, -0.05) is 146 Å². The molecule has 0 bridgehead atoms. The van der Waals surface area contributed by atoms with Crippen molar-refractivity contribution in [2.45, 2.75) is 0 Å². The van der Waals surface area contributed by atoms with Crippen molar-refractivity contribution in [3.8, 4) is 56.3 Å². The second-order valence-electron chi connectivity index (χ2n) is 12.8. The first-order chi connectivity index (χ1) is 25.3. The van der Waals surface area contributed by atoms with Crippen LogP contribution >= 0.6 is 11.3 Å². The van der Waals surface area contributed by atoms with Crippen molar-refractivity contribution in [3.05, 3.63) is 176 Å². The lowest BCUT2D eigenvalue weighted by atomic mass is 9.95. The summed E-state index contributed by atoms with van der Waals surface area (Å²) < 4.78 is 2.51. The summed E-state index contributed by atoms with van der Waals surface area (Å²) in [6.45, 7) is 0. The summed E-state index contributed by atoms with van der Waals surface area (Å²) >= 11 is 1.84. The number of pyridine rings is 1. The highest BCUT2D eigenvalue weighted by Crippen LogP contribution is 2.44. The second-order valence-corrected chi connectivity index (χ2v) is 13.9. The number of thiophene rings is 1. The third-order valence-corrected chi connectivity index (χ3v) is 10.8. The average Bonchev–Trinajstić information content (AvgIpc) is 3.59. The van der Waals surface area contributed by atoms with E-state index in [1.165, 1.54) is 36.7 Å². The molecule has 0 unspecified atom stereocenters. The molecule has 0 aliphatic heterocycles. The fourth-order valence-electron chi connectivity index (χ4n) is 7.21. The lowest BCUT2D eigenvalue weighted by Crippen LogP contribution is -1.96. The number of hydrogen-bond acceptors (Lipinski definition) is 4. The Hall–Kier alpha value is -6.49. The highest BCUT2D eigenvalue weighted by molar-refractivity contribution is 7.26. The van der Waals surface area contributed by atoms with Crippen LogP contribution in [0.1, 0.15) is 0 Å². The summed E-state index contributed by atoms with van der Waals surface area (Å²) in [5, 5.41) is 6.05. The highest BCUT2D eigenvalue weighted by atomic mass is 32.1. The molecule has 238 valence electrons. The molecular formula is C47H29N3S. The highest BCUT2D eigenvalue weighted by Gasteiger charge is 2.18. The predicted molar refractivity (Wildman–Crippen MR) is 215 cm³/mol. The largest absolute Gasteiger partial charge is 0.247 e. The van der Waals surface area contributed by atoms with Crippen LogP contribution in [0.5, 0.6) is 0 Å². The summed E-state index contributed by atoms with van der Waals surface area (Å²) in [7, 11) is 0. The van der Waals surface area contributed by atoms with E-state index >= 15 is 0 Å². The van der Waals surface area contributed by atoms with E-state index in [2.05, 4.69) is 152 Å². The van der Waals surface area contributed by atoms with Crippen LogP contribution in [0, 0.1) is 0 Å². The SMILES string of the molecule is c1ccc(-c2ccc(-c3cc(-c4ccc5sc6ccc7c(-c8ccccc8)nc8ccccc8c7c6c5c4)nc(-c4ccccc4)n3)cc2)cc1. The molecule has 3 nitrogen and oxygen atoms in total. The van der Waals surface area contributed by atoms with Gasteiger partial charge in [0.15, 0.2) is 5.82 Å². The molecule has 7 aromatic carbocycles. The summed E-state index contributed by atoms with van der Waals surface area (Å²) in [6.07, 6.45) is 0. The number of hydrogen-bond donors (Lipinski definition) is 0. The van der Waals surface area contributed by atoms with Crippen molar-refractivity contribution in [1.82, 2.24) is 15.0 Å². The summed E-state index contributed by atoms with van der Waals surface area (Å²) in [5.41, 5.74) is 10.4. The van der Waals surface area contributed by atoms with Crippen molar-refractivity contribution in [3.63, 3.8) is 0 Å². The Morgan fingerprint density at radius 1 is 0.333 bits per heavy atom. The van der Waals surface area contributed by atoms with Crippen LogP contribution in [0.4, 0.5) is 0 Å². The Morgan fingerprint density at radius 3 is 1.65 bits per heavy atom. The van der Waals surface area contributed by atoms with Crippen LogP contribution in [0.3, 0.4) is 0 Å². The third-order valence-electron chi connectivity index (χ3n) is 9.69. The predicted octanol–water partition coefficient (Wildman–Crippen LogP) is 12.9. The van der Waals surface area contributed by atoms with Crippen molar-refractivity contribution in [2.24, 2.45) is 0 Å². The second kappa shape index (κ2) is 12.1. The maximum Gasteiger partial charge on any atom is 0.160 e. The van der Waals surface area contributed by atoms with Gasteiger partial charge in [-0.2, -0.15) is 0 Å². The Kier molecular flexibility index (Phi) is 7.00. The molecule has 0 amide bonds. The quantitative estimate of drug-likeness (QED) is 0.171. The van der Waals surface area contributed by atoms with E-state index in [-0.39, 0.29) is 0 Å². The van der Waals surface area contributed by atoms with Crippen LogP contribution in [-0.2, 0) is 0 Å². The minimum absolute atomic E-state index is 0.709. The molecule has 51 heavy (non-hydrogen) atoms. The molecule has 0 atom stereocenters. The van der Waals surface area contributed by atoms with E-state index in [9.17, 15) is 0 Å². The van der Waals surface area contributed by atoms with Gasteiger partial charge < -0.3 is 0 Å². The average molecular weight is 668 g/mol. The molecule has 0 saturated heterocycles. The standard InChI is InChI=1S/C47H29N3S/c1-4-12-30(13-5-1)31-20-22-32(23-21-31)40-29-41(50-47(49-40)34-16-8-3-9-17-34)35-24-26-42-38(28-35)45-43(51-42)27-25-37-44(45)36-18-10-11-19-39(36)48-46(37)33-14-6-2-7-15-33/h1-29H. The van der Waals surface area contributed by atoms with Crippen molar-refractivity contribution in [1.29, 1.82) is 0 Å². The lowest BCUT2D eigenvalue weighted by molar-refractivity contribution is 1.18. The first-order valence-corrected chi connectivity index (χ1v) is 17.9. The summed E-state index contributed by atoms with van der Waals surface area (Å²) in [6, 6.07) is 61.9. The number of rotatable bonds is 5. The smallest absolute Gasteiger partial charge is 0.160 e. The van der Waals surface area contributed by atoms with E-state index in [4.69, 9.17) is 15.0 Å². The minimum Gasteiger partial charge on any atom is -0.247 e. The Morgan fingerprint density at radius 2 is 0.902 bits per heavy atom. The Balaban J connectivity index is 1.19. The van der Waals surface area contributed by atoms with E-state index < -0.39 is 0 Å². The number of para-hydroxylation sites is 1. The van der Waals surface area contributed by atoms with Crippen molar-refractivity contribution >= 4 is 53.2 Å². The molecular weight excluding hydrogens is 639 g/mol. The summed E-state index contributed by atoms with van der Waals surface area (Å²) in [5.74, 6) is 0.709. The van der Waals surface area contributed by atoms with Crippen LogP contribution in [0.15, 0.2) is 176 Å². The maximum atomic E-state index is 5.20. The van der Waals surface area contributed by atoms with E-state index in [1.807, 2.05) is 35.6 Å². The van der Waals surface area contributed by atoms with Gasteiger partial charge in [0.2, 0.25) is 0 Å². The number of benzene rings is 7. The van der Waals surface area contributed by atoms with Gasteiger partial charge in [-0.15, -0.1) is 11.3 Å². The first-order valence-electron chi connectivity index (χ1n) is 17.1. The molecule has 0 radical (unpaired) electrons. The van der Waals surface area contributed by atoms with Crippen molar-refractivity contribution in [2.75, 3.05) is 0 Å². The van der Waals surface area contributed by atoms with Crippen LogP contribution < -0.4 is 0 Å². The zero-order valence-electron chi connectivity index (χ0n) is 27.5. The van der Waals surface area contributed by atoms with E-state index in [0.29, 0.717) is 5.82 Å². The topological polar surface area (TPSA) is 38.7 Å². The van der Waals surface area contributed by atoms with Gasteiger partial charge in [-0.05, 0) is 41.5 Å². The lowest BCUT2D eigenvalue weighted by Gasteiger charge is -2.12. The van der Waals surface area contributed by atoms with Gasteiger partial charge in [0.25, 0.3) is 0 Å². The van der Waals surface area contributed by atoms with E-state index in [1.54, 1.807) is 0 Å².